The summed E-state index contributed by atoms with van der Waals surface area (Å²) in [5.41, 5.74) is 2.17. The van der Waals surface area contributed by atoms with E-state index in [9.17, 15) is 14.7 Å². The minimum atomic E-state index is -0.725. The van der Waals surface area contributed by atoms with Crippen LogP contribution in [0.3, 0.4) is 0 Å². The molecule has 1 aromatic carbocycles. The van der Waals surface area contributed by atoms with Gasteiger partial charge < -0.3 is 9.84 Å². The smallest absolute Gasteiger partial charge is 0.412 e. The molecule has 0 radical (unpaired) electrons. The molecule has 0 bridgehead atoms. The average Bonchev–Trinajstić information content (AvgIpc) is 2.73. The summed E-state index contributed by atoms with van der Waals surface area (Å²) in [6.45, 7) is -0.631. The van der Waals surface area contributed by atoms with Crippen molar-refractivity contribution in [1.29, 1.82) is 0 Å². The van der Waals surface area contributed by atoms with Crippen LogP contribution in [0.15, 0.2) is 67.0 Å². The fraction of sp³-hybridized carbons (Fsp3) is 0.100. The highest BCUT2D eigenvalue weighted by atomic mass is 16.5. The lowest BCUT2D eigenvalue weighted by Crippen LogP contribution is -2.18. The van der Waals surface area contributed by atoms with Crippen molar-refractivity contribution in [3.8, 4) is 11.3 Å². The van der Waals surface area contributed by atoms with Gasteiger partial charge in [0.25, 0.3) is 0 Å². The molecule has 7 heteroatoms. The van der Waals surface area contributed by atoms with Crippen LogP contribution >= 0.6 is 0 Å². The van der Waals surface area contributed by atoms with Gasteiger partial charge in [-0.1, -0.05) is 30.3 Å². The third kappa shape index (κ3) is 4.74. The highest BCUT2D eigenvalue weighted by Crippen LogP contribution is 2.22. The van der Waals surface area contributed by atoms with Crippen molar-refractivity contribution >= 4 is 17.6 Å². The lowest BCUT2D eigenvalue weighted by atomic mass is 10.1. The molecule has 0 saturated carbocycles. The van der Waals surface area contributed by atoms with Gasteiger partial charge in [-0.25, -0.2) is 9.78 Å². The first kappa shape index (κ1) is 18.2. The van der Waals surface area contributed by atoms with Crippen LogP contribution in [0.1, 0.15) is 16.1 Å². The highest BCUT2D eigenvalue weighted by molar-refractivity contribution is 6.03. The number of Topliss-reactive ketones (excluding diaryl/α,β-unsaturated/α-hetero) is 1. The summed E-state index contributed by atoms with van der Waals surface area (Å²) in [4.78, 5) is 32.4. The molecule has 2 heterocycles. The monoisotopic (exact) mass is 363 g/mol. The zero-order valence-corrected chi connectivity index (χ0v) is 14.3. The van der Waals surface area contributed by atoms with Crippen LogP contribution in [0.5, 0.6) is 0 Å². The second-order valence-corrected chi connectivity index (χ2v) is 5.60. The number of carbonyl (C=O) groups excluding carboxylic acids is 2. The molecule has 2 aromatic heterocycles. The van der Waals surface area contributed by atoms with Crippen molar-refractivity contribution in [2.45, 2.75) is 6.61 Å². The fourth-order valence-corrected chi connectivity index (χ4v) is 2.39. The summed E-state index contributed by atoms with van der Waals surface area (Å²) in [5.74, 6) is -0.612. The molecule has 0 fully saturated rings. The molecule has 1 amide bonds. The van der Waals surface area contributed by atoms with Crippen molar-refractivity contribution in [3.63, 3.8) is 0 Å². The van der Waals surface area contributed by atoms with E-state index in [1.807, 2.05) is 30.3 Å². The Labute approximate surface area is 155 Å². The Morgan fingerprint density at radius 2 is 1.85 bits per heavy atom. The zero-order valence-electron chi connectivity index (χ0n) is 14.3. The lowest BCUT2D eigenvalue weighted by molar-refractivity contribution is 0.0899. The molecule has 3 rings (SSSR count). The van der Waals surface area contributed by atoms with Crippen LogP contribution in [0.4, 0.5) is 10.5 Å². The van der Waals surface area contributed by atoms with E-state index in [0.29, 0.717) is 11.3 Å². The molecule has 0 saturated heterocycles. The Bertz CT molecular complexity index is 930. The molecule has 0 aliphatic carbocycles. The quantitative estimate of drug-likeness (QED) is 0.653. The number of hydrogen-bond acceptors (Lipinski definition) is 6. The van der Waals surface area contributed by atoms with Gasteiger partial charge in [0.15, 0.2) is 0 Å². The predicted octanol–water partition coefficient (Wildman–Crippen LogP) is 3.07. The first-order valence-corrected chi connectivity index (χ1v) is 8.20. The van der Waals surface area contributed by atoms with E-state index in [2.05, 4.69) is 15.3 Å². The minimum absolute atomic E-state index is 0.0458. The minimum Gasteiger partial charge on any atom is -0.444 e. The third-order valence-electron chi connectivity index (χ3n) is 3.71. The maximum Gasteiger partial charge on any atom is 0.412 e. The molecule has 2 N–H and O–H groups in total. The molecule has 0 atom stereocenters. The number of aromatic nitrogens is 2. The number of benzene rings is 1. The van der Waals surface area contributed by atoms with E-state index in [-0.39, 0.29) is 18.0 Å². The zero-order chi connectivity index (χ0) is 19.1. The van der Waals surface area contributed by atoms with Gasteiger partial charge in [-0.2, -0.15) is 0 Å². The Balaban J connectivity index is 1.77. The summed E-state index contributed by atoms with van der Waals surface area (Å²) in [6, 6.07) is 16.0. The van der Waals surface area contributed by atoms with E-state index in [1.165, 1.54) is 0 Å². The van der Waals surface area contributed by atoms with Gasteiger partial charge in [0.2, 0.25) is 5.78 Å². The van der Waals surface area contributed by atoms with Gasteiger partial charge in [-0.3, -0.25) is 15.1 Å². The number of aliphatic hydroxyl groups excluding tert-OH is 1. The predicted molar refractivity (Wildman–Crippen MR) is 99.1 cm³/mol. The van der Waals surface area contributed by atoms with Gasteiger partial charge in [0.05, 0.1) is 11.4 Å². The molecule has 3 aromatic rings. The lowest BCUT2D eigenvalue weighted by Gasteiger charge is -2.11. The number of carbonyl (C=O) groups is 2. The van der Waals surface area contributed by atoms with Gasteiger partial charge in [-0.05, 0) is 29.8 Å². The Morgan fingerprint density at radius 1 is 1.04 bits per heavy atom. The van der Waals surface area contributed by atoms with Gasteiger partial charge in [-0.15, -0.1) is 0 Å². The number of anilines is 1. The van der Waals surface area contributed by atoms with E-state index < -0.39 is 18.5 Å². The largest absolute Gasteiger partial charge is 0.444 e. The van der Waals surface area contributed by atoms with Crippen molar-refractivity contribution in [2.75, 3.05) is 11.9 Å². The van der Waals surface area contributed by atoms with Crippen molar-refractivity contribution in [1.82, 2.24) is 9.97 Å². The summed E-state index contributed by atoms with van der Waals surface area (Å²) in [6.07, 6.45) is 2.51. The molecule has 7 nitrogen and oxygen atoms in total. The van der Waals surface area contributed by atoms with Crippen LogP contribution < -0.4 is 5.32 Å². The maximum absolute atomic E-state index is 12.1. The highest BCUT2D eigenvalue weighted by Gasteiger charge is 2.17. The standard InChI is InChI=1S/C20H17N3O4/c24-12-18(25)19-17(9-8-16(22-19)15-7-4-10-21-11-15)23-20(26)27-13-14-5-2-1-3-6-14/h1-11,24H,12-13H2,(H,23,26). The number of ether oxygens (including phenoxy) is 1. The van der Waals surface area contributed by atoms with Crippen molar-refractivity contribution in [3.05, 3.63) is 78.2 Å². The Morgan fingerprint density at radius 3 is 2.56 bits per heavy atom. The molecule has 0 spiro atoms. The number of rotatable bonds is 6. The third-order valence-corrected chi connectivity index (χ3v) is 3.71. The number of amides is 1. The Kier molecular flexibility index (Phi) is 5.86. The van der Waals surface area contributed by atoms with Gasteiger partial charge >= 0.3 is 6.09 Å². The summed E-state index contributed by atoms with van der Waals surface area (Å²) in [7, 11) is 0. The number of nitrogens with one attached hydrogen (secondary N) is 1. The summed E-state index contributed by atoms with van der Waals surface area (Å²) in [5, 5.41) is 11.7. The summed E-state index contributed by atoms with van der Waals surface area (Å²) >= 11 is 0. The molecular weight excluding hydrogens is 346 g/mol. The molecule has 0 unspecified atom stereocenters. The van der Waals surface area contributed by atoms with Crippen LogP contribution in [-0.2, 0) is 11.3 Å². The molecular formula is C20H17N3O4. The van der Waals surface area contributed by atoms with Crippen LogP contribution in [0, 0.1) is 0 Å². The normalized spacial score (nSPS) is 10.3. The average molecular weight is 363 g/mol. The van der Waals surface area contributed by atoms with E-state index >= 15 is 0 Å². The number of aliphatic hydroxyl groups is 1. The molecule has 0 aliphatic rings. The van der Waals surface area contributed by atoms with E-state index in [4.69, 9.17) is 4.74 Å². The SMILES string of the molecule is O=C(Nc1ccc(-c2cccnc2)nc1C(=O)CO)OCc1ccccc1. The summed E-state index contributed by atoms with van der Waals surface area (Å²) < 4.78 is 5.15. The molecule has 0 aliphatic heterocycles. The van der Waals surface area contributed by atoms with Gasteiger partial charge in [0, 0.05) is 18.0 Å². The topological polar surface area (TPSA) is 101 Å². The van der Waals surface area contributed by atoms with Crippen LogP contribution in [-0.4, -0.2) is 33.6 Å². The second kappa shape index (κ2) is 8.68. The van der Waals surface area contributed by atoms with Crippen molar-refractivity contribution < 1.29 is 19.4 Å². The first-order chi connectivity index (χ1) is 13.2. The van der Waals surface area contributed by atoms with E-state index in [0.717, 1.165) is 5.56 Å². The first-order valence-electron chi connectivity index (χ1n) is 8.20. The van der Waals surface area contributed by atoms with E-state index in [1.54, 1.807) is 36.7 Å². The fourth-order valence-electron chi connectivity index (χ4n) is 2.39. The number of hydrogen-bond donors (Lipinski definition) is 2. The van der Waals surface area contributed by atoms with Gasteiger partial charge in [0.1, 0.15) is 18.9 Å². The molecule has 27 heavy (non-hydrogen) atoms. The number of nitrogens with zero attached hydrogens (tertiary/aromatic N) is 2. The Hall–Kier alpha value is -3.58. The number of ketones is 1. The second-order valence-electron chi connectivity index (χ2n) is 5.60. The van der Waals surface area contributed by atoms with Crippen LogP contribution in [0.25, 0.3) is 11.3 Å². The van der Waals surface area contributed by atoms with Crippen molar-refractivity contribution in [2.24, 2.45) is 0 Å². The maximum atomic E-state index is 12.1. The van der Waals surface area contributed by atoms with Crippen LogP contribution in [0.2, 0.25) is 0 Å². The number of pyridine rings is 2. The molecule has 136 valence electrons.